The van der Waals surface area contributed by atoms with Gasteiger partial charge >= 0.3 is 11.9 Å². The number of hydrogen-bond acceptors (Lipinski definition) is 5. The van der Waals surface area contributed by atoms with E-state index in [1.807, 2.05) is 6.08 Å². The summed E-state index contributed by atoms with van der Waals surface area (Å²) in [7, 11) is 0.884. The molecule has 6 heteroatoms. The van der Waals surface area contributed by atoms with E-state index in [0.29, 0.717) is 11.1 Å². The minimum Gasteiger partial charge on any atom is -0.547 e. The molecule has 0 aliphatic heterocycles. The van der Waals surface area contributed by atoms with E-state index < -0.39 is 20.3 Å². The summed E-state index contributed by atoms with van der Waals surface area (Å²) >= 11 is 0. The highest BCUT2D eigenvalue weighted by Gasteiger charge is 2.44. The molecule has 0 radical (unpaired) electrons. The first kappa shape index (κ1) is 15.8. The van der Waals surface area contributed by atoms with Crippen LogP contribution in [0.3, 0.4) is 0 Å². The molecule has 116 valence electrons. The molecule has 3 aliphatic rings. The maximum Gasteiger partial charge on any atom is 0.335 e. The lowest BCUT2D eigenvalue weighted by atomic mass is 9.70. The van der Waals surface area contributed by atoms with Gasteiger partial charge in [0.05, 0.1) is 31.1 Å². The Labute approximate surface area is 126 Å². The van der Waals surface area contributed by atoms with Crippen molar-refractivity contribution in [1.82, 2.24) is 0 Å². The van der Waals surface area contributed by atoms with Gasteiger partial charge in [0.1, 0.15) is 0 Å². The lowest BCUT2D eigenvalue weighted by Crippen LogP contribution is -2.37. The average Bonchev–Trinajstić information content (AvgIpc) is 2.43. The van der Waals surface area contributed by atoms with Gasteiger partial charge in [0.25, 0.3) is 0 Å². The predicted molar refractivity (Wildman–Crippen MR) is 79.8 cm³/mol. The molecule has 0 spiro atoms. The van der Waals surface area contributed by atoms with E-state index in [-0.39, 0.29) is 11.8 Å². The standard InChI is InChI=1S/C15H22O5Si/c1-18-14(16)12-9-6-7-10(13(12)15(17)19-2)11(8-9)20-21(3,4)5/h8-10H,6-7H2,1-5H3/t9-,10+/m1/s1. The van der Waals surface area contributed by atoms with Crippen LogP contribution in [0.4, 0.5) is 0 Å². The fraction of sp³-hybridized carbons (Fsp3) is 0.600. The van der Waals surface area contributed by atoms with Crippen LogP contribution in [0.2, 0.25) is 19.6 Å². The Morgan fingerprint density at radius 3 is 2.14 bits per heavy atom. The minimum absolute atomic E-state index is 0.122. The molecule has 5 nitrogen and oxygen atoms in total. The molecule has 21 heavy (non-hydrogen) atoms. The monoisotopic (exact) mass is 310 g/mol. The van der Waals surface area contributed by atoms with Crippen molar-refractivity contribution in [2.24, 2.45) is 11.8 Å². The van der Waals surface area contributed by atoms with Gasteiger partial charge in [0.2, 0.25) is 8.32 Å². The van der Waals surface area contributed by atoms with Crippen molar-refractivity contribution in [3.63, 3.8) is 0 Å². The number of rotatable bonds is 4. The van der Waals surface area contributed by atoms with Crippen molar-refractivity contribution in [2.75, 3.05) is 14.2 Å². The first-order chi connectivity index (χ1) is 9.78. The number of esters is 2. The number of allylic oxidation sites excluding steroid dienone is 2. The van der Waals surface area contributed by atoms with Crippen LogP contribution in [0.1, 0.15) is 12.8 Å². The summed E-state index contributed by atoms with van der Waals surface area (Å²) < 4.78 is 15.8. The molecule has 3 aliphatic carbocycles. The third-order valence-corrected chi connectivity index (χ3v) is 4.57. The molecular weight excluding hydrogens is 288 g/mol. The Morgan fingerprint density at radius 2 is 1.62 bits per heavy atom. The van der Waals surface area contributed by atoms with Crippen LogP contribution in [0.5, 0.6) is 0 Å². The highest BCUT2D eigenvalue weighted by molar-refractivity contribution is 6.70. The van der Waals surface area contributed by atoms with E-state index in [0.717, 1.165) is 18.6 Å². The van der Waals surface area contributed by atoms with Crippen molar-refractivity contribution in [3.8, 4) is 0 Å². The zero-order chi connectivity index (χ0) is 15.8. The van der Waals surface area contributed by atoms with Crippen molar-refractivity contribution < 1.29 is 23.5 Å². The maximum absolute atomic E-state index is 12.1. The molecule has 0 aromatic rings. The molecule has 0 saturated heterocycles. The van der Waals surface area contributed by atoms with E-state index in [9.17, 15) is 9.59 Å². The molecule has 2 bridgehead atoms. The first-order valence-corrected chi connectivity index (χ1v) is 10.5. The minimum atomic E-state index is -1.77. The molecule has 0 amide bonds. The number of fused-ring (bicyclic) bond motifs is 1. The smallest absolute Gasteiger partial charge is 0.335 e. The van der Waals surface area contributed by atoms with Crippen molar-refractivity contribution in [2.45, 2.75) is 32.5 Å². The number of carbonyl (C=O) groups is 2. The molecule has 3 rings (SSSR count). The van der Waals surface area contributed by atoms with Crippen LogP contribution in [0, 0.1) is 11.8 Å². The molecule has 2 atom stereocenters. The zero-order valence-corrected chi connectivity index (χ0v) is 14.2. The second-order valence-electron chi connectivity index (χ2n) is 6.33. The van der Waals surface area contributed by atoms with Gasteiger partial charge in [-0.1, -0.05) is 0 Å². The summed E-state index contributed by atoms with van der Waals surface area (Å²) in [4.78, 5) is 24.2. The molecule has 0 unspecified atom stereocenters. The molecule has 0 aromatic carbocycles. The Balaban J connectivity index is 2.44. The molecule has 0 aromatic heterocycles. The van der Waals surface area contributed by atoms with E-state index in [1.54, 1.807) is 0 Å². The molecule has 0 heterocycles. The number of ether oxygens (including phenoxy) is 2. The number of carbonyl (C=O) groups excluding carboxylic acids is 2. The van der Waals surface area contributed by atoms with Crippen LogP contribution in [0.25, 0.3) is 0 Å². The largest absolute Gasteiger partial charge is 0.547 e. The van der Waals surface area contributed by atoms with E-state index in [2.05, 4.69) is 19.6 Å². The third kappa shape index (κ3) is 3.05. The fourth-order valence-electron chi connectivity index (χ4n) is 2.98. The molecule has 0 N–H and O–H groups in total. The maximum atomic E-state index is 12.1. The predicted octanol–water partition coefficient (Wildman–Crippen LogP) is 2.40. The van der Waals surface area contributed by atoms with Gasteiger partial charge in [-0.2, -0.15) is 0 Å². The Morgan fingerprint density at radius 1 is 1.05 bits per heavy atom. The van der Waals surface area contributed by atoms with Gasteiger partial charge in [-0.3, -0.25) is 0 Å². The van der Waals surface area contributed by atoms with Gasteiger partial charge < -0.3 is 13.9 Å². The quantitative estimate of drug-likeness (QED) is 0.589. The topological polar surface area (TPSA) is 61.8 Å². The Kier molecular flexibility index (Phi) is 4.27. The van der Waals surface area contributed by atoms with Gasteiger partial charge in [0, 0.05) is 11.8 Å². The SMILES string of the molecule is COC(=O)C1=C(C(=O)OC)[C@H]2C=C(O[Si](C)(C)C)[C@@H]1CC2. The molecule has 0 fully saturated rings. The zero-order valence-electron chi connectivity index (χ0n) is 13.2. The van der Waals surface area contributed by atoms with Crippen LogP contribution < -0.4 is 0 Å². The number of hydrogen-bond donors (Lipinski definition) is 0. The Bertz CT molecular complexity index is 527. The molecule has 0 saturated carbocycles. The highest BCUT2D eigenvalue weighted by atomic mass is 28.4. The van der Waals surface area contributed by atoms with E-state index in [4.69, 9.17) is 13.9 Å². The van der Waals surface area contributed by atoms with Gasteiger partial charge in [-0.25, -0.2) is 9.59 Å². The summed E-state index contributed by atoms with van der Waals surface area (Å²) in [6.45, 7) is 6.29. The van der Waals surface area contributed by atoms with Gasteiger partial charge in [-0.15, -0.1) is 0 Å². The van der Waals surface area contributed by atoms with E-state index in [1.165, 1.54) is 14.2 Å². The van der Waals surface area contributed by atoms with Crippen LogP contribution in [-0.4, -0.2) is 34.5 Å². The van der Waals surface area contributed by atoms with Crippen LogP contribution >= 0.6 is 0 Å². The lowest BCUT2D eigenvalue weighted by Gasteiger charge is -2.39. The normalized spacial score (nSPS) is 24.5. The van der Waals surface area contributed by atoms with Crippen molar-refractivity contribution in [3.05, 3.63) is 23.0 Å². The second kappa shape index (κ2) is 5.67. The molecular formula is C15H22O5Si. The lowest BCUT2D eigenvalue weighted by molar-refractivity contribution is -0.140. The summed E-state index contributed by atoms with van der Waals surface area (Å²) in [6, 6.07) is 0. The fourth-order valence-corrected chi connectivity index (χ4v) is 3.90. The van der Waals surface area contributed by atoms with Gasteiger partial charge in [0.15, 0.2) is 0 Å². The average molecular weight is 310 g/mol. The summed E-state index contributed by atoms with van der Waals surface area (Å²) in [6.07, 6.45) is 3.60. The van der Waals surface area contributed by atoms with Gasteiger partial charge in [-0.05, 0) is 38.6 Å². The number of methoxy groups -OCH3 is 2. The second-order valence-corrected chi connectivity index (χ2v) is 10.8. The van der Waals surface area contributed by atoms with E-state index >= 15 is 0 Å². The highest BCUT2D eigenvalue weighted by Crippen LogP contribution is 2.46. The van der Waals surface area contributed by atoms with Crippen LogP contribution in [0.15, 0.2) is 23.0 Å². The summed E-state index contributed by atoms with van der Waals surface area (Å²) in [5, 5.41) is 0. The summed E-state index contributed by atoms with van der Waals surface area (Å²) in [5.74, 6) is -0.409. The van der Waals surface area contributed by atoms with Crippen LogP contribution in [-0.2, 0) is 23.5 Å². The summed E-state index contributed by atoms with van der Waals surface area (Å²) in [5.41, 5.74) is 0.847. The Hall–Kier alpha value is -1.56. The van der Waals surface area contributed by atoms with Crippen molar-refractivity contribution >= 4 is 20.3 Å². The third-order valence-electron chi connectivity index (χ3n) is 3.72. The van der Waals surface area contributed by atoms with Crippen molar-refractivity contribution in [1.29, 1.82) is 0 Å². The first-order valence-electron chi connectivity index (χ1n) is 7.10.